The molecule has 0 saturated heterocycles. The molecule has 1 amide bonds. The third-order valence-corrected chi connectivity index (χ3v) is 5.68. The monoisotopic (exact) mass is 351 g/mol. The first-order valence-corrected chi connectivity index (χ1v) is 9.07. The average molecular weight is 352 g/mol. The Morgan fingerprint density at radius 1 is 1.19 bits per heavy atom. The van der Waals surface area contributed by atoms with Crippen LogP contribution in [-0.4, -0.2) is 17.8 Å². The molecule has 0 bridgehead atoms. The van der Waals surface area contributed by atoms with Gasteiger partial charge in [0, 0.05) is 11.9 Å². The lowest BCUT2D eigenvalue weighted by Gasteiger charge is -2.32. The van der Waals surface area contributed by atoms with Crippen LogP contribution in [0.15, 0.2) is 30.3 Å². The lowest BCUT2D eigenvalue weighted by Crippen LogP contribution is -2.43. The summed E-state index contributed by atoms with van der Waals surface area (Å²) in [5.74, 6) is 1.46. The first-order chi connectivity index (χ1) is 10.1. The van der Waals surface area contributed by atoms with E-state index in [0.29, 0.717) is 11.8 Å². The van der Waals surface area contributed by atoms with Crippen LogP contribution in [0.5, 0.6) is 0 Å². The van der Waals surface area contributed by atoms with Gasteiger partial charge >= 0.3 is 0 Å². The van der Waals surface area contributed by atoms with Crippen LogP contribution in [-0.2, 0) is 10.2 Å². The fourth-order valence-electron chi connectivity index (χ4n) is 3.19. The van der Waals surface area contributed by atoms with E-state index in [0.717, 1.165) is 17.4 Å². The zero-order chi connectivity index (χ0) is 15.3. The van der Waals surface area contributed by atoms with Crippen LogP contribution in [0.3, 0.4) is 0 Å². The Labute approximate surface area is 136 Å². The Bertz CT molecular complexity index is 458. The molecule has 1 aliphatic rings. The molecule has 1 aromatic rings. The van der Waals surface area contributed by atoms with E-state index < -0.39 is 5.41 Å². The van der Waals surface area contributed by atoms with Crippen LogP contribution in [0, 0.1) is 11.8 Å². The van der Waals surface area contributed by atoms with E-state index in [1.54, 1.807) is 0 Å². The van der Waals surface area contributed by atoms with Gasteiger partial charge < -0.3 is 5.32 Å². The number of carbonyl (C=O) groups is 1. The molecule has 1 saturated carbocycles. The summed E-state index contributed by atoms with van der Waals surface area (Å²) in [7, 11) is 0. The van der Waals surface area contributed by atoms with Crippen molar-refractivity contribution in [3.8, 4) is 0 Å². The average Bonchev–Trinajstić information content (AvgIpc) is 2.53. The maximum absolute atomic E-state index is 12.6. The van der Waals surface area contributed by atoms with Gasteiger partial charge in [0.15, 0.2) is 0 Å². The summed E-state index contributed by atoms with van der Waals surface area (Å²) >= 11 is 3.62. The van der Waals surface area contributed by atoms with Gasteiger partial charge in [-0.2, -0.15) is 0 Å². The van der Waals surface area contributed by atoms with Crippen LogP contribution in [0.2, 0.25) is 0 Å². The quantitative estimate of drug-likeness (QED) is 0.788. The number of hydrogen-bond acceptors (Lipinski definition) is 1. The summed E-state index contributed by atoms with van der Waals surface area (Å²) in [6.07, 6.45) is 5.15. The molecule has 0 heterocycles. The molecule has 2 unspecified atom stereocenters. The number of amides is 1. The van der Waals surface area contributed by atoms with Gasteiger partial charge in [0.05, 0.1) is 5.41 Å². The van der Waals surface area contributed by atoms with Gasteiger partial charge in [-0.15, -0.1) is 0 Å². The third-order valence-electron chi connectivity index (χ3n) is 4.85. The Morgan fingerprint density at radius 3 is 2.43 bits per heavy atom. The van der Waals surface area contributed by atoms with Crippen molar-refractivity contribution in [2.45, 2.75) is 44.9 Å². The predicted octanol–water partition coefficient (Wildman–Crippen LogP) is 4.28. The topological polar surface area (TPSA) is 29.1 Å². The number of alkyl halides is 1. The maximum Gasteiger partial charge on any atom is 0.230 e. The lowest BCUT2D eigenvalue weighted by atomic mass is 9.79. The van der Waals surface area contributed by atoms with Crippen molar-refractivity contribution < 1.29 is 4.79 Å². The molecule has 1 fully saturated rings. The number of benzene rings is 1. The minimum absolute atomic E-state index is 0.132. The Balaban J connectivity index is 1.94. The SMILES string of the molecule is CC(C)(C(=O)NCC1CCCCC1CBr)c1ccccc1. The van der Waals surface area contributed by atoms with E-state index in [4.69, 9.17) is 0 Å². The van der Waals surface area contributed by atoms with E-state index >= 15 is 0 Å². The highest BCUT2D eigenvalue weighted by Crippen LogP contribution is 2.31. The number of carbonyl (C=O) groups excluding carboxylic acids is 1. The Kier molecular flexibility index (Phi) is 5.86. The number of rotatable bonds is 5. The highest BCUT2D eigenvalue weighted by atomic mass is 79.9. The van der Waals surface area contributed by atoms with Crippen LogP contribution in [0.1, 0.15) is 45.1 Å². The zero-order valence-corrected chi connectivity index (χ0v) is 14.7. The molecular formula is C18H26BrNO. The smallest absolute Gasteiger partial charge is 0.230 e. The molecule has 2 atom stereocenters. The van der Waals surface area contributed by atoms with Gasteiger partial charge in [0.2, 0.25) is 5.91 Å². The van der Waals surface area contributed by atoms with Crippen LogP contribution in [0.25, 0.3) is 0 Å². The molecule has 1 N–H and O–H groups in total. The normalized spacial score (nSPS) is 22.8. The molecule has 2 nitrogen and oxygen atoms in total. The largest absolute Gasteiger partial charge is 0.355 e. The van der Waals surface area contributed by atoms with Crippen molar-refractivity contribution in [2.24, 2.45) is 11.8 Å². The summed E-state index contributed by atoms with van der Waals surface area (Å²) in [6, 6.07) is 10.0. The standard InChI is InChI=1S/C18H26BrNO/c1-18(2,16-10-4-3-5-11-16)17(21)20-13-15-9-7-6-8-14(15)12-19/h3-5,10-11,14-15H,6-9,12-13H2,1-2H3,(H,20,21). The van der Waals surface area contributed by atoms with E-state index in [1.807, 2.05) is 44.2 Å². The van der Waals surface area contributed by atoms with Crippen LogP contribution < -0.4 is 5.32 Å². The minimum atomic E-state index is -0.472. The van der Waals surface area contributed by atoms with Crippen LogP contribution >= 0.6 is 15.9 Å². The molecule has 0 aliphatic heterocycles. The first-order valence-electron chi connectivity index (χ1n) is 7.95. The van der Waals surface area contributed by atoms with Crippen molar-refractivity contribution in [2.75, 3.05) is 11.9 Å². The molecule has 21 heavy (non-hydrogen) atoms. The van der Waals surface area contributed by atoms with Gasteiger partial charge in [-0.05, 0) is 44.1 Å². The third kappa shape index (κ3) is 4.09. The number of hydrogen-bond donors (Lipinski definition) is 1. The van der Waals surface area contributed by atoms with Gasteiger partial charge in [-0.25, -0.2) is 0 Å². The van der Waals surface area contributed by atoms with E-state index in [1.165, 1.54) is 25.7 Å². The van der Waals surface area contributed by atoms with E-state index in [2.05, 4.69) is 21.2 Å². The Hall–Kier alpha value is -0.830. The molecule has 116 valence electrons. The first kappa shape index (κ1) is 16.5. The molecule has 1 aliphatic carbocycles. The molecule has 1 aromatic carbocycles. The fraction of sp³-hybridized carbons (Fsp3) is 0.611. The van der Waals surface area contributed by atoms with Gasteiger partial charge in [0.25, 0.3) is 0 Å². The Morgan fingerprint density at radius 2 is 1.81 bits per heavy atom. The van der Waals surface area contributed by atoms with Crippen molar-refractivity contribution in [1.82, 2.24) is 5.32 Å². The molecule has 3 heteroatoms. The fourth-order valence-corrected chi connectivity index (χ4v) is 4.04. The van der Waals surface area contributed by atoms with Crippen molar-refractivity contribution >= 4 is 21.8 Å². The van der Waals surface area contributed by atoms with E-state index in [9.17, 15) is 4.79 Å². The molecular weight excluding hydrogens is 326 g/mol. The van der Waals surface area contributed by atoms with Gasteiger partial charge in [0.1, 0.15) is 0 Å². The van der Waals surface area contributed by atoms with Crippen molar-refractivity contribution in [3.63, 3.8) is 0 Å². The second-order valence-electron chi connectivity index (χ2n) is 6.66. The minimum Gasteiger partial charge on any atom is -0.355 e. The predicted molar refractivity (Wildman–Crippen MR) is 91.7 cm³/mol. The molecule has 2 rings (SSSR count). The number of nitrogens with one attached hydrogen (secondary N) is 1. The molecule has 0 spiro atoms. The summed E-state index contributed by atoms with van der Waals surface area (Å²) in [5, 5.41) is 4.25. The molecule has 0 radical (unpaired) electrons. The highest BCUT2D eigenvalue weighted by Gasteiger charge is 2.31. The van der Waals surface area contributed by atoms with E-state index in [-0.39, 0.29) is 5.91 Å². The molecule has 0 aromatic heterocycles. The zero-order valence-electron chi connectivity index (χ0n) is 13.1. The van der Waals surface area contributed by atoms with Crippen LogP contribution in [0.4, 0.5) is 0 Å². The second-order valence-corrected chi connectivity index (χ2v) is 7.31. The van der Waals surface area contributed by atoms with Crippen molar-refractivity contribution in [3.05, 3.63) is 35.9 Å². The summed E-state index contributed by atoms with van der Waals surface area (Å²) in [6.45, 7) is 4.81. The highest BCUT2D eigenvalue weighted by molar-refractivity contribution is 9.09. The summed E-state index contributed by atoms with van der Waals surface area (Å²) in [5.41, 5.74) is 0.600. The second kappa shape index (κ2) is 7.44. The summed E-state index contributed by atoms with van der Waals surface area (Å²) in [4.78, 5) is 12.6. The van der Waals surface area contributed by atoms with Crippen molar-refractivity contribution in [1.29, 1.82) is 0 Å². The maximum atomic E-state index is 12.6. The lowest BCUT2D eigenvalue weighted by molar-refractivity contribution is -0.126. The summed E-state index contributed by atoms with van der Waals surface area (Å²) < 4.78 is 0. The van der Waals surface area contributed by atoms with Gasteiger partial charge in [-0.3, -0.25) is 4.79 Å². The van der Waals surface area contributed by atoms with Gasteiger partial charge in [-0.1, -0.05) is 59.1 Å². The number of halogens is 1.